The Bertz CT molecular complexity index is 1040. The normalized spacial score (nSPS) is 24.9. The molecular formula is C14H17N9O7. The zero-order chi connectivity index (χ0) is 21.4. The van der Waals surface area contributed by atoms with Crippen LogP contribution >= 0.6 is 0 Å². The fraction of sp³-hybridized carbons (Fsp3) is 0.500. The van der Waals surface area contributed by atoms with Crippen LogP contribution in [0.25, 0.3) is 11.2 Å². The molecule has 1 aliphatic rings. The van der Waals surface area contributed by atoms with Crippen LogP contribution in [0.15, 0.2) is 6.33 Å². The molecular weight excluding hydrogens is 406 g/mol. The number of aromatic amines is 1. The van der Waals surface area contributed by atoms with Crippen molar-refractivity contribution in [2.45, 2.75) is 30.6 Å². The molecule has 0 spiro atoms. The summed E-state index contributed by atoms with van der Waals surface area (Å²) in [6, 6.07) is -0.0147. The number of nitrogens with zero attached hydrogens (tertiary/aromatic N) is 7. The number of nitrogens with one attached hydrogen (secondary N) is 1. The number of H-pyrrole nitrogens is 1. The van der Waals surface area contributed by atoms with Gasteiger partial charge in [0.1, 0.15) is 18.3 Å². The van der Waals surface area contributed by atoms with Crippen molar-refractivity contribution >= 4 is 23.0 Å². The average molecular weight is 423 g/mol. The van der Waals surface area contributed by atoms with E-state index in [0.717, 1.165) is 0 Å². The van der Waals surface area contributed by atoms with Gasteiger partial charge in [-0.2, -0.15) is 15.2 Å². The predicted molar refractivity (Wildman–Crippen MR) is 92.7 cm³/mol. The number of aliphatic hydroxyl groups is 2. The number of anilines is 1. The average Bonchev–Trinajstić information content (AvgIpc) is 3.44. The summed E-state index contributed by atoms with van der Waals surface area (Å²) in [6.07, 6.45) is -5.19. The molecule has 1 saturated heterocycles. The number of rotatable bonds is 7. The van der Waals surface area contributed by atoms with E-state index in [1.807, 2.05) is 0 Å². The van der Waals surface area contributed by atoms with Crippen molar-refractivity contribution in [1.82, 2.24) is 40.1 Å². The van der Waals surface area contributed by atoms with Crippen LogP contribution in [0, 0.1) is 0 Å². The van der Waals surface area contributed by atoms with Crippen molar-refractivity contribution in [2.75, 3.05) is 19.5 Å². The molecule has 0 amide bonds. The van der Waals surface area contributed by atoms with Crippen LogP contribution in [-0.4, -0.2) is 93.5 Å². The van der Waals surface area contributed by atoms with Gasteiger partial charge in [-0.25, -0.2) is 9.78 Å². The van der Waals surface area contributed by atoms with Crippen LogP contribution in [0.1, 0.15) is 18.2 Å². The maximum absolute atomic E-state index is 11.4. The van der Waals surface area contributed by atoms with Crippen LogP contribution < -0.4 is 10.5 Å². The lowest BCUT2D eigenvalue weighted by molar-refractivity contribution is -0.156. The topological polar surface area (TPSA) is 230 Å². The quantitative estimate of drug-likeness (QED) is 0.262. The number of carboxylic acids is 1. The Morgan fingerprint density at radius 2 is 2.20 bits per heavy atom. The molecule has 6 N–H and O–H groups in total. The molecule has 3 aromatic rings. The number of fused-ring (bicyclic) bond motifs is 1. The Kier molecular flexibility index (Phi) is 5.12. The van der Waals surface area contributed by atoms with E-state index in [1.54, 1.807) is 0 Å². The maximum atomic E-state index is 11.4. The second-order valence-corrected chi connectivity index (χ2v) is 6.29. The minimum Gasteiger partial charge on any atom is -0.479 e. The molecule has 16 nitrogen and oxygen atoms in total. The molecule has 0 aromatic carbocycles. The first kappa shape index (κ1) is 19.8. The SMILES string of the molecule is COc1nc(N)c2ncn([C@@H]3O[C@H](COC(C(=O)O)c4nn[nH]n4)[C@@H](O)[C@H]3O)c2n1. The number of methoxy groups -OCH3 is 1. The third-order valence-electron chi connectivity index (χ3n) is 4.47. The lowest BCUT2D eigenvalue weighted by atomic mass is 10.1. The van der Waals surface area contributed by atoms with Crippen LogP contribution in [0.2, 0.25) is 0 Å². The van der Waals surface area contributed by atoms with Crippen molar-refractivity contribution in [3.63, 3.8) is 0 Å². The highest BCUT2D eigenvalue weighted by molar-refractivity contribution is 5.82. The minimum atomic E-state index is -1.54. The largest absolute Gasteiger partial charge is 0.479 e. The summed E-state index contributed by atoms with van der Waals surface area (Å²) in [5.74, 6) is -1.50. The van der Waals surface area contributed by atoms with Gasteiger partial charge in [0.2, 0.25) is 11.9 Å². The molecule has 0 saturated carbocycles. The molecule has 3 aromatic heterocycles. The molecule has 0 radical (unpaired) electrons. The highest BCUT2D eigenvalue weighted by Crippen LogP contribution is 2.33. The number of aliphatic hydroxyl groups excluding tert-OH is 2. The number of aromatic nitrogens is 8. The number of ether oxygens (including phenoxy) is 3. The first-order valence-electron chi connectivity index (χ1n) is 8.54. The van der Waals surface area contributed by atoms with Crippen LogP contribution in [0.3, 0.4) is 0 Å². The van der Waals surface area contributed by atoms with Crippen molar-refractivity contribution in [3.05, 3.63) is 12.2 Å². The Morgan fingerprint density at radius 1 is 1.40 bits per heavy atom. The smallest absolute Gasteiger partial charge is 0.341 e. The Morgan fingerprint density at radius 3 is 2.87 bits per heavy atom. The first-order valence-corrected chi connectivity index (χ1v) is 8.54. The molecule has 1 unspecified atom stereocenters. The number of carboxylic acid groups (broad SMARTS) is 1. The number of carbonyl (C=O) groups is 1. The van der Waals surface area contributed by atoms with Crippen LogP contribution in [0.5, 0.6) is 6.01 Å². The molecule has 4 rings (SSSR count). The number of tetrazole rings is 1. The second kappa shape index (κ2) is 7.75. The van der Waals surface area contributed by atoms with E-state index < -0.39 is 36.6 Å². The van der Waals surface area contributed by atoms with Crippen LogP contribution in [0.4, 0.5) is 5.82 Å². The van der Waals surface area contributed by atoms with Crippen molar-refractivity contribution < 1.29 is 34.3 Å². The number of nitrogen functional groups attached to an aromatic ring is 1. The summed E-state index contributed by atoms with van der Waals surface area (Å²) in [7, 11) is 1.36. The van der Waals surface area contributed by atoms with E-state index in [-0.39, 0.29) is 35.4 Å². The van der Waals surface area contributed by atoms with Gasteiger partial charge in [0, 0.05) is 0 Å². The molecule has 1 aliphatic heterocycles. The Hall–Kier alpha value is -3.47. The van der Waals surface area contributed by atoms with Gasteiger partial charge >= 0.3 is 12.0 Å². The number of hydrogen-bond acceptors (Lipinski definition) is 13. The molecule has 160 valence electrons. The standard InChI is InChI=1S/C14H17N9O7/c1-28-14-17-9(15)5-11(18-14)23(3-16-5)12-7(25)6(24)4(30-12)2-29-8(13(26)27)10-19-21-22-20-10/h3-4,6-8,12,24-25H,2H2,1H3,(H,26,27)(H2,15,17,18)(H,19,20,21,22)/t4-,6-,7-,8?,12-/m1/s1. The van der Waals surface area contributed by atoms with Gasteiger partial charge in [-0.15, -0.1) is 10.2 Å². The molecule has 0 aliphatic carbocycles. The summed E-state index contributed by atoms with van der Waals surface area (Å²) in [5.41, 5.74) is 6.30. The lowest BCUT2D eigenvalue weighted by Gasteiger charge is -2.17. The van der Waals surface area contributed by atoms with Gasteiger partial charge in [-0.05, 0) is 0 Å². The molecule has 4 heterocycles. The number of aliphatic carboxylic acids is 1. The highest BCUT2D eigenvalue weighted by Gasteiger charge is 2.45. The van der Waals surface area contributed by atoms with Gasteiger partial charge in [0.05, 0.1) is 20.0 Å². The molecule has 30 heavy (non-hydrogen) atoms. The zero-order valence-corrected chi connectivity index (χ0v) is 15.4. The number of hydrogen-bond donors (Lipinski definition) is 5. The van der Waals surface area contributed by atoms with Gasteiger partial charge < -0.3 is 35.3 Å². The summed E-state index contributed by atoms with van der Waals surface area (Å²) in [5, 5.41) is 42.7. The molecule has 5 atom stereocenters. The van der Waals surface area contributed by atoms with Crippen molar-refractivity contribution in [2.24, 2.45) is 0 Å². The van der Waals surface area contributed by atoms with Gasteiger partial charge in [-0.3, -0.25) is 4.57 Å². The van der Waals surface area contributed by atoms with E-state index >= 15 is 0 Å². The summed E-state index contributed by atoms with van der Waals surface area (Å²) in [6.45, 7) is -0.382. The Balaban J connectivity index is 1.54. The van der Waals surface area contributed by atoms with E-state index in [1.165, 1.54) is 18.0 Å². The number of nitrogens with two attached hydrogens (primary N) is 1. The fourth-order valence-electron chi connectivity index (χ4n) is 3.02. The van der Waals surface area contributed by atoms with E-state index in [9.17, 15) is 20.1 Å². The highest BCUT2D eigenvalue weighted by atomic mass is 16.6. The molecule has 1 fully saturated rings. The third-order valence-corrected chi connectivity index (χ3v) is 4.47. The summed E-state index contributed by atoms with van der Waals surface area (Å²) < 4.78 is 17.3. The summed E-state index contributed by atoms with van der Waals surface area (Å²) in [4.78, 5) is 23.6. The van der Waals surface area contributed by atoms with Crippen molar-refractivity contribution in [1.29, 1.82) is 0 Å². The fourth-order valence-corrected chi connectivity index (χ4v) is 3.02. The van der Waals surface area contributed by atoms with Gasteiger partial charge in [0.25, 0.3) is 0 Å². The Labute approximate surface area is 166 Å². The van der Waals surface area contributed by atoms with E-state index in [4.69, 9.17) is 19.9 Å². The second-order valence-electron chi connectivity index (χ2n) is 6.29. The van der Waals surface area contributed by atoms with E-state index in [0.29, 0.717) is 0 Å². The molecule has 0 bridgehead atoms. The number of imidazole rings is 1. The van der Waals surface area contributed by atoms with E-state index in [2.05, 4.69) is 35.6 Å². The zero-order valence-electron chi connectivity index (χ0n) is 15.4. The first-order chi connectivity index (χ1) is 14.4. The molecule has 16 heteroatoms. The van der Waals surface area contributed by atoms with Crippen LogP contribution in [-0.2, 0) is 14.3 Å². The monoisotopic (exact) mass is 423 g/mol. The third kappa shape index (κ3) is 3.36. The lowest BCUT2D eigenvalue weighted by Crippen LogP contribution is -2.34. The maximum Gasteiger partial charge on any atom is 0.341 e. The predicted octanol–water partition coefficient (Wildman–Crippen LogP) is -2.61. The summed E-state index contributed by atoms with van der Waals surface area (Å²) >= 11 is 0. The van der Waals surface area contributed by atoms with Crippen molar-refractivity contribution in [3.8, 4) is 6.01 Å². The van der Waals surface area contributed by atoms with Gasteiger partial charge in [0.15, 0.2) is 23.2 Å². The minimum absolute atomic E-state index is 0.0147. The van der Waals surface area contributed by atoms with Gasteiger partial charge in [-0.1, -0.05) is 5.21 Å².